The molecule has 8 heteroatoms. The van der Waals surface area contributed by atoms with Crippen LogP contribution >= 0.6 is 0 Å². The summed E-state index contributed by atoms with van der Waals surface area (Å²) in [5.41, 5.74) is -0.966. The highest BCUT2D eigenvalue weighted by Gasteiger charge is 2.29. The molecule has 33 heavy (non-hydrogen) atoms. The molecule has 1 rings (SSSR count). The minimum atomic E-state index is -2.76. The molecule has 0 saturated heterocycles. The molecule has 0 fully saturated rings. The van der Waals surface area contributed by atoms with Crippen LogP contribution in [0.25, 0.3) is 0 Å². The topological polar surface area (TPSA) is 18.5 Å². The van der Waals surface area contributed by atoms with Gasteiger partial charge in [0.15, 0.2) is 23.3 Å². The lowest BCUT2D eigenvalue weighted by atomic mass is 10.0. The highest BCUT2D eigenvalue weighted by atomic mass is 28.4. The Morgan fingerprint density at radius 1 is 0.515 bits per heavy atom. The van der Waals surface area contributed by atoms with Crippen LogP contribution in [-0.2, 0) is 15.5 Å². The molecule has 192 valence electrons. The van der Waals surface area contributed by atoms with Crippen LogP contribution in [0.2, 0.25) is 13.1 Å². The second-order valence-electron chi connectivity index (χ2n) is 9.18. The second-order valence-corrected chi connectivity index (χ2v) is 12.6. The maximum absolute atomic E-state index is 13.7. The summed E-state index contributed by atoms with van der Waals surface area (Å²) in [6, 6.07) is 0. The molecule has 0 heterocycles. The van der Waals surface area contributed by atoms with E-state index in [9.17, 15) is 22.0 Å². The molecule has 0 amide bonds. The van der Waals surface area contributed by atoms with Gasteiger partial charge in [0, 0.05) is 6.61 Å². The van der Waals surface area contributed by atoms with Crippen molar-refractivity contribution in [2.24, 2.45) is 0 Å². The molecule has 0 unspecified atom stereocenters. The van der Waals surface area contributed by atoms with Crippen molar-refractivity contribution in [2.45, 2.75) is 117 Å². The van der Waals surface area contributed by atoms with Gasteiger partial charge in [-0.05, 0) is 19.5 Å². The summed E-state index contributed by atoms with van der Waals surface area (Å²) in [5.74, 6) is -9.81. The average Bonchev–Trinajstić information content (AvgIpc) is 2.78. The van der Waals surface area contributed by atoms with E-state index < -0.39 is 49.8 Å². The monoisotopic (exact) mass is 496 g/mol. The van der Waals surface area contributed by atoms with Crippen molar-refractivity contribution in [3.63, 3.8) is 0 Å². The van der Waals surface area contributed by atoms with Crippen molar-refractivity contribution < 1.29 is 30.8 Å². The molecule has 0 radical (unpaired) electrons. The van der Waals surface area contributed by atoms with Gasteiger partial charge >= 0.3 is 8.56 Å². The van der Waals surface area contributed by atoms with E-state index in [1.165, 1.54) is 70.6 Å². The molecular weight excluding hydrogens is 455 g/mol. The third-order valence-corrected chi connectivity index (χ3v) is 7.55. The fourth-order valence-electron chi connectivity index (χ4n) is 3.68. The SMILES string of the molecule is CCCCCCCCCCCCCCCCO[Si](C)(C)OCc1c(F)c(F)c(F)c(F)c1F. The van der Waals surface area contributed by atoms with Gasteiger partial charge in [-0.3, -0.25) is 0 Å². The third kappa shape index (κ3) is 11.8. The van der Waals surface area contributed by atoms with Crippen molar-refractivity contribution in [1.29, 1.82) is 0 Å². The fourth-order valence-corrected chi connectivity index (χ4v) is 4.89. The lowest BCUT2D eigenvalue weighted by Gasteiger charge is -2.23. The normalized spacial score (nSPS) is 12.0. The summed E-state index contributed by atoms with van der Waals surface area (Å²) in [5, 5.41) is 0. The maximum Gasteiger partial charge on any atom is 0.332 e. The Kier molecular flexibility index (Phi) is 15.1. The van der Waals surface area contributed by atoms with E-state index in [2.05, 4.69) is 6.92 Å². The highest BCUT2D eigenvalue weighted by molar-refractivity contribution is 6.64. The quantitative estimate of drug-likeness (QED) is 0.0625. The lowest BCUT2D eigenvalue weighted by molar-refractivity contribution is 0.163. The summed E-state index contributed by atoms with van der Waals surface area (Å²) in [6.07, 6.45) is 17.5. The average molecular weight is 497 g/mol. The summed E-state index contributed by atoms with van der Waals surface area (Å²) < 4.78 is 78.4. The van der Waals surface area contributed by atoms with E-state index in [4.69, 9.17) is 8.85 Å². The number of hydrogen-bond acceptors (Lipinski definition) is 2. The van der Waals surface area contributed by atoms with Gasteiger partial charge in [-0.2, -0.15) is 0 Å². The minimum absolute atomic E-state index is 0.453. The summed E-state index contributed by atoms with van der Waals surface area (Å²) in [6.45, 7) is 5.34. The van der Waals surface area contributed by atoms with Crippen LogP contribution in [0.1, 0.15) is 102 Å². The maximum atomic E-state index is 13.7. The van der Waals surface area contributed by atoms with E-state index in [0.717, 1.165) is 19.3 Å². The number of halogens is 5. The van der Waals surface area contributed by atoms with Gasteiger partial charge in [-0.15, -0.1) is 0 Å². The first-order valence-corrected chi connectivity index (χ1v) is 15.3. The van der Waals surface area contributed by atoms with Crippen LogP contribution in [0.15, 0.2) is 0 Å². The Hall–Kier alpha value is -0.993. The van der Waals surface area contributed by atoms with Gasteiger partial charge in [0.1, 0.15) is 0 Å². The molecule has 0 spiro atoms. The molecule has 2 nitrogen and oxygen atoms in total. The Morgan fingerprint density at radius 3 is 1.30 bits per heavy atom. The van der Waals surface area contributed by atoms with Gasteiger partial charge in [0.05, 0.1) is 12.2 Å². The highest BCUT2D eigenvalue weighted by Crippen LogP contribution is 2.25. The van der Waals surface area contributed by atoms with Crippen LogP contribution < -0.4 is 0 Å². The van der Waals surface area contributed by atoms with Crippen molar-refractivity contribution in [3.05, 3.63) is 34.6 Å². The van der Waals surface area contributed by atoms with E-state index in [-0.39, 0.29) is 0 Å². The second kappa shape index (κ2) is 16.6. The van der Waals surface area contributed by atoms with Crippen LogP contribution in [0, 0.1) is 29.1 Å². The molecule has 0 atom stereocenters. The summed E-state index contributed by atoms with van der Waals surface area (Å²) in [7, 11) is -2.76. The lowest BCUT2D eigenvalue weighted by Crippen LogP contribution is -2.35. The first-order valence-electron chi connectivity index (χ1n) is 12.5. The first kappa shape index (κ1) is 30.0. The van der Waals surface area contributed by atoms with Gasteiger partial charge in [-0.1, -0.05) is 90.4 Å². The first-order chi connectivity index (χ1) is 15.7. The largest absolute Gasteiger partial charge is 0.395 e. The Morgan fingerprint density at radius 2 is 0.879 bits per heavy atom. The minimum Gasteiger partial charge on any atom is -0.395 e. The molecule has 0 aliphatic rings. The molecular formula is C25H41F5O2Si. The standard InChI is InChI=1S/C25H41F5O2Si/c1-4-5-6-7-8-9-10-11-12-13-14-15-16-17-18-31-33(2,3)32-19-20-21(26)23(28)25(30)24(29)22(20)27/h4-19H2,1-3H3. The zero-order valence-corrected chi connectivity index (χ0v) is 21.5. The van der Waals surface area contributed by atoms with Gasteiger partial charge in [0.25, 0.3) is 0 Å². The molecule has 0 bridgehead atoms. The Bertz CT molecular complexity index is 656. The van der Waals surface area contributed by atoms with Crippen molar-refractivity contribution >= 4 is 8.56 Å². The van der Waals surface area contributed by atoms with E-state index in [1.54, 1.807) is 13.1 Å². The number of hydrogen-bond donors (Lipinski definition) is 0. The Balaban J connectivity index is 2.10. The van der Waals surface area contributed by atoms with Crippen molar-refractivity contribution in [1.82, 2.24) is 0 Å². The van der Waals surface area contributed by atoms with Gasteiger partial charge in [0.2, 0.25) is 5.82 Å². The molecule has 0 N–H and O–H groups in total. The number of unbranched alkanes of at least 4 members (excludes halogenated alkanes) is 13. The van der Waals surface area contributed by atoms with Crippen molar-refractivity contribution in [3.8, 4) is 0 Å². The molecule has 0 aliphatic carbocycles. The van der Waals surface area contributed by atoms with Crippen LogP contribution in [0.3, 0.4) is 0 Å². The molecule has 1 aromatic rings. The number of benzene rings is 1. The smallest absolute Gasteiger partial charge is 0.332 e. The predicted octanol–water partition coefficient (Wildman–Crippen LogP) is 9.10. The third-order valence-electron chi connectivity index (χ3n) is 5.81. The van der Waals surface area contributed by atoms with E-state index >= 15 is 0 Å². The van der Waals surface area contributed by atoms with Crippen LogP contribution in [-0.4, -0.2) is 15.2 Å². The van der Waals surface area contributed by atoms with Gasteiger partial charge in [-0.25, -0.2) is 22.0 Å². The van der Waals surface area contributed by atoms with Crippen molar-refractivity contribution in [2.75, 3.05) is 6.61 Å². The zero-order chi connectivity index (χ0) is 24.7. The molecule has 0 saturated carbocycles. The predicted molar refractivity (Wildman–Crippen MR) is 125 cm³/mol. The van der Waals surface area contributed by atoms with Gasteiger partial charge < -0.3 is 8.85 Å². The van der Waals surface area contributed by atoms with E-state index in [1.807, 2.05) is 0 Å². The zero-order valence-electron chi connectivity index (χ0n) is 20.5. The summed E-state index contributed by atoms with van der Waals surface area (Å²) >= 11 is 0. The molecule has 0 aliphatic heterocycles. The van der Waals surface area contributed by atoms with E-state index in [0.29, 0.717) is 6.61 Å². The van der Waals surface area contributed by atoms with Crippen LogP contribution in [0.5, 0.6) is 0 Å². The van der Waals surface area contributed by atoms with Crippen LogP contribution in [0.4, 0.5) is 22.0 Å². The Labute approximate surface area is 197 Å². The molecule has 1 aromatic carbocycles. The fraction of sp³-hybridized carbons (Fsp3) is 0.760. The summed E-state index contributed by atoms with van der Waals surface area (Å²) in [4.78, 5) is 0. The number of rotatable bonds is 19. The molecule has 0 aromatic heterocycles.